The van der Waals surface area contributed by atoms with Crippen LogP contribution >= 0.6 is 0 Å². The van der Waals surface area contributed by atoms with E-state index in [9.17, 15) is 4.79 Å². The van der Waals surface area contributed by atoms with Gasteiger partial charge in [-0.15, -0.1) is 0 Å². The molecule has 0 amide bonds. The van der Waals surface area contributed by atoms with Crippen LogP contribution in [-0.2, 0) is 11.3 Å². The zero-order chi connectivity index (χ0) is 13.7. The molecular weight excluding hydrogens is 240 g/mol. The van der Waals surface area contributed by atoms with Crippen LogP contribution in [0.3, 0.4) is 0 Å². The Kier molecular flexibility index (Phi) is 4.31. The molecule has 0 unspecified atom stereocenters. The van der Waals surface area contributed by atoms with E-state index in [1.165, 1.54) is 0 Å². The highest BCUT2D eigenvalue weighted by Gasteiger charge is 2.06. The molecular formula is C16H16O3. The van der Waals surface area contributed by atoms with Gasteiger partial charge in [0.05, 0.1) is 18.8 Å². The average molecular weight is 256 g/mol. The Hall–Kier alpha value is -2.13. The number of hydrogen-bond donors (Lipinski definition) is 1. The van der Waals surface area contributed by atoms with Crippen LogP contribution in [-0.4, -0.2) is 17.7 Å². The first-order valence-corrected chi connectivity index (χ1v) is 6.22. The van der Waals surface area contributed by atoms with E-state index in [-0.39, 0.29) is 12.6 Å². The predicted molar refractivity (Wildman–Crippen MR) is 73.8 cm³/mol. The van der Waals surface area contributed by atoms with E-state index in [2.05, 4.69) is 0 Å². The second-order valence-corrected chi connectivity index (χ2v) is 4.16. The fourth-order valence-electron chi connectivity index (χ4n) is 1.86. The fourth-order valence-corrected chi connectivity index (χ4v) is 1.86. The van der Waals surface area contributed by atoms with Gasteiger partial charge < -0.3 is 9.84 Å². The van der Waals surface area contributed by atoms with Crippen molar-refractivity contribution in [1.82, 2.24) is 0 Å². The van der Waals surface area contributed by atoms with Crippen molar-refractivity contribution in [2.75, 3.05) is 6.61 Å². The summed E-state index contributed by atoms with van der Waals surface area (Å²) in [5.74, 6) is -0.307. The number of ether oxygens (including phenoxy) is 1. The average Bonchev–Trinajstić information content (AvgIpc) is 2.48. The lowest BCUT2D eigenvalue weighted by atomic mass is 10.0. The Morgan fingerprint density at radius 3 is 2.47 bits per heavy atom. The van der Waals surface area contributed by atoms with Crippen molar-refractivity contribution in [3.8, 4) is 11.1 Å². The number of rotatable bonds is 4. The van der Waals surface area contributed by atoms with Crippen molar-refractivity contribution in [3.05, 3.63) is 59.7 Å². The number of esters is 1. The summed E-state index contributed by atoms with van der Waals surface area (Å²) >= 11 is 0. The molecule has 1 N–H and O–H groups in total. The lowest BCUT2D eigenvalue weighted by Crippen LogP contribution is -2.03. The van der Waals surface area contributed by atoms with Gasteiger partial charge in [-0.3, -0.25) is 0 Å². The first-order chi connectivity index (χ1) is 9.24. The van der Waals surface area contributed by atoms with E-state index in [4.69, 9.17) is 9.84 Å². The standard InChI is InChI=1S/C16H16O3/c1-2-19-16(18)14-8-6-13(7-9-14)15-5-3-4-12(10-15)11-17/h3-10,17H,2,11H2,1H3. The summed E-state index contributed by atoms with van der Waals surface area (Å²) in [7, 11) is 0. The molecule has 0 aliphatic heterocycles. The third kappa shape index (κ3) is 3.20. The van der Waals surface area contributed by atoms with Crippen LogP contribution in [0.2, 0.25) is 0 Å². The Labute approximate surface area is 112 Å². The fraction of sp³-hybridized carbons (Fsp3) is 0.188. The van der Waals surface area contributed by atoms with Crippen molar-refractivity contribution < 1.29 is 14.6 Å². The molecule has 0 bridgehead atoms. The normalized spacial score (nSPS) is 10.2. The van der Waals surface area contributed by atoms with Crippen LogP contribution in [0.1, 0.15) is 22.8 Å². The summed E-state index contributed by atoms with van der Waals surface area (Å²) in [6.45, 7) is 2.18. The summed E-state index contributed by atoms with van der Waals surface area (Å²) in [5.41, 5.74) is 3.43. The second kappa shape index (κ2) is 6.16. The van der Waals surface area contributed by atoms with Crippen molar-refractivity contribution in [2.24, 2.45) is 0 Å². The summed E-state index contributed by atoms with van der Waals surface area (Å²) < 4.78 is 4.94. The van der Waals surface area contributed by atoms with Crippen LogP contribution in [0.15, 0.2) is 48.5 Å². The molecule has 3 nitrogen and oxygen atoms in total. The molecule has 19 heavy (non-hydrogen) atoms. The van der Waals surface area contributed by atoms with Gasteiger partial charge in [0.15, 0.2) is 0 Å². The van der Waals surface area contributed by atoms with Crippen molar-refractivity contribution in [3.63, 3.8) is 0 Å². The lowest BCUT2D eigenvalue weighted by molar-refractivity contribution is 0.0526. The van der Waals surface area contributed by atoms with Gasteiger partial charge >= 0.3 is 5.97 Å². The van der Waals surface area contributed by atoms with Gasteiger partial charge in [-0.2, -0.15) is 0 Å². The molecule has 0 radical (unpaired) electrons. The highest BCUT2D eigenvalue weighted by Crippen LogP contribution is 2.21. The molecule has 2 aromatic rings. The van der Waals surface area contributed by atoms with E-state index in [1.54, 1.807) is 19.1 Å². The number of hydrogen-bond acceptors (Lipinski definition) is 3. The van der Waals surface area contributed by atoms with Gasteiger partial charge in [-0.1, -0.05) is 30.3 Å². The van der Waals surface area contributed by atoms with Crippen LogP contribution in [0.4, 0.5) is 0 Å². The number of aliphatic hydroxyl groups excluding tert-OH is 1. The number of aliphatic hydroxyl groups is 1. The minimum Gasteiger partial charge on any atom is -0.462 e. The van der Waals surface area contributed by atoms with E-state index in [1.807, 2.05) is 36.4 Å². The van der Waals surface area contributed by atoms with Crippen molar-refractivity contribution in [2.45, 2.75) is 13.5 Å². The number of benzene rings is 2. The maximum absolute atomic E-state index is 11.5. The summed E-state index contributed by atoms with van der Waals surface area (Å²) in [6.07, 6.45) is 0. The molecule has 0 fully saturated rings. The molecule has 0 saturated carbocycles. The maximum atomic E-state index is 11.5. The van der Waals surface area contributed by atoms with Crippen molar-refractivity contribution >= 4 is 5.97 Å². The van der Waals surface area contributed by atoms with E-state index in [0.717, 1.165) is 16.7 Å². The highest BCUT2D eigenvalue weighted by molar-refractivity contribution is 5.90. The van der Waals surface area contributed by atoms with Crippen LogP contribution in [0.5, 0.6) is 0 Å². The molecule has 0 aliphatic rings. The lowest BCUT2D eigenvalue weighted by Gasteiger charge is -2.05. The molecule has 0 aromatic heterocycles. The number of carbonyl (C=O) groups is 1. The van der Waals surface area contributed by atoms with E-state index in [0.29, 0.717) is 12.2 Å². The third-order valence-electron chi connectivity index (χ3n) is 2.84. The Bertz CT molecular complexity index is 558. The topological polar surface area (TPSA) is 46.5 Å². The first kappa shape index (κ1) is 13.3. The quantitative estimate of drug-likeness (QED) is 0.855. The van der Waals surface area contributed by atoms with Crippen molar-refractivity contribution in [1.29, 1.82) is 0 Å². The minimum absolute atomic E-state index is 0.0226. The smallest absolute Gasteiger partial charge is 0.338 e. The zero-order valence-electron chi connectivity index (χ0n) is 10.8. The molecule has 0 atom stereocenters. The maximum Gasteiger partial charge on any atom is 0.338 e. The Morgan fingerprint density at radius 1 is 1.11 bits per heavy atom. The Morgan fingerprint density at radius 2 is 1.84 bits per heavy atom. The van der Waals surface area contributed by atoms with Crippen LogP contribution < -0.4 is 0 Å². The predicted octanol–water partition coefficient (Wildman–Crippen LogP) is 3.02. The van der Waals surface area contributed by atoms with Gasteiger partial charge in [0.25, 0.3) is 0 Å². The molecule has 2 rings (SSSR count). The van der Waals surface area contributed by atoms with Gasteiger partial charge in [0, 0.05) is 0 Å². The van der Waals surface area contributed by atoms with E-state index < -0.39 is 0 Å². The Balaban J connectivity index is 2.24. The highest BCUT2D eigenvalue weighted by atomic mass is 16.5. The molecule has 3 heteroatoms. The van der Waals surface area contributed by atoms with Gasteiger partial charge in [0.2, 0.25) is 0 Å². The first-order valence-electron chi connectivity index (χ1n) is 6.22. The molecule has 98 valence electrons. The summed E-state index contributed by atoms with van der Waals surface area (Å²) in [5, 5.41) is 9.12. The summed E-state index contributed by atoms with van der Waals surface area (Å²) in [6, 6.07) is 14.9. The van der Waals surface area contributed by atoms with Gasteiger partial charge in [0.1, 0.15) is 0 Å². The molecule has 0 heterocycles. The van der Waals surface area contributed by atoms with Crippen LogP contribution in [0.25, 0.3) is 11.1 Å². The third-order valence-corrected chi connectivity index (χ3v) is 2.84. The molecule has 0 saturated heterocycles. The monoisotopic (exact) mass is 256 g/mol. The largest absolute Gasteiger partial charge is 0.462 e. The van der Waals surface area contributed by atoms with E-state index >= 15 is 0 Å². The minimum atomic E-state index is -0.307. The summed E-state index contributed by atoms with van der Waals surface area (Å²) in [4.78, 5) is 11.5. The second-order valence-electron chi connectivity index (χ2n) is 4.16. The molecule has 2 aromatic carbocycles. The molecule has 0 spiro atoms. The van der Waals surface area contributed by atoms with Gasteiger partial charge in [-0.05, 0) is 41.8 Å². The van der Waals surface area contributed by atoms with Crippen LogP contribution in [0, 0.1) is 0 Å². The van der Waals surface area contributed by atoms with Gasteiger partial charge in [-0.25, -0.2) is 4.79 Å². The SMILES string of the molecule is CCOC(=O)c1ccc(-c2cccc(CO)c2)cc1. The zero-order valence-corrected chi connectivity index (χ0v) is 10.8. The molecule has 0 aliphatic carbocycles. The number of carbonyl (C=O) groups excluding carboxylic acids is 1.